The van der Waals surface area contributed by atoms with E-state index in [2.05, 4.69) is 81.5 Å². The molecule has 0 heterocycles. The smallest absolute Gasteiger partial charge is 0.306 e. The van der Waals surface area contributed by atoms with Crippen molar-refractivity contribution in [1.82, 2.24) is 0 Å². The molecule has 1 atom stereocenters. The van der Waals surface area contributed by atoms with Crippen LogP contribution < -0.4 is 0 Å². The van der Waals surface area contributed by atoms with Crippen molar-refractivity contribution >= 4 is 17.9 Å². The first-order valence-electron chi connectivity index (χ1n) is 22.8. The molecule has 0 aromatic heterocycles. The summed E-state index contributed by atoms with van der Waals surface area (Å²) in [7, 11) is 0. The molecule has 6 nitrogen and oxygen atoms in total. The molecule has 0 aromatic rings. The third-order valence-electron chi connectivity index (χ3n) is 9.54. The highest BCUT2D eigenvalue weighted by atomic mass is 16.6. The molecule has 0 N–H and O–H groups in total. The minimum Gasteiger partial charge on any atom is -0.462 e. The molecule has 0 radical (unpaired) electrons. The van der Waals surface area contributed by atoms with E-state index < -0.39 is 6.10 Å². The summed E-state index contributed by atoms with van der Waals surface area (Å²) in [6.07, 6.45) is 52.2. The van der Waals surface area contributed by atoms with E-state index in [9.17, 15) is 14.4 Å². The van der Waals surface area contributed by atoms with Crippen molar-refractivity contribution in [1.29, 1.82) is 0 Å². The van der Waals surface area contributed by atoms with Crippen molar-refractivity contribution < 1.29 is 28.6 Å². The summed E-state index contributed by atoms with van der Waals surface area (Å²) >= 11 is 0. The largest absolute Gasteiger partial charge is 0.462 e. The average Bonchev–Trinajstić information content (AvgIpc) is 3.18. The Bertz CT molecular complexity index is 1020. The van der Waals surface area contributed by atoms with E-state index in [1.165, 1.54) is 64.2 Å². The fourth-order valence-electron chi connectivity index (χ4n) is 6.11. The molecule has 0 aromatic carbocycles. The number of carbonyl (C=O) groups excluding carboxylic acids is 3. The van der Waals surface area contributed by atoms with Crippen LogP contribution in [0, 0.1) is 0 Å². The summed E-state index contributed by atoms with van der Waals surface area (Å²) in [4.78, 5) is 37.5. The number of carbonyl (C=O) groups is 3. The van der Waals surface area contributed by atoms with Gasteiger partial charge < -0.3 is 14.2 Å². The van der Waals surface area contributed by atoms with Gasteiger partial charge in [-0.3, -0.25) is 14.4 Å². The van der Waals surface area contributed by atoms with E-state index in [0.717, 1.165) is 109 Å². The zero-order chi connectivity index (χ0) is 40.1. The fraction of sp³-hybridized carbons (Fsp3) is 0.735. The monoisotopic (exact) mass is 769 g/mol. The van der Waals surface area contributed by atoms with E-state index in [1.807, 2.05) is 0 Å². The summed E-state index contributed by atoms with van der Waals surface area (Å²) in [6, 6.07) is 0. The second-order valence-electron chi connectivity index (χ2n) is 14.9. The lowest BCUT2D eigenvalue weighted by atomic mass is 10.1. The second kappa shape index (κ2) is 43.8. The van der Waals surface area contributed by atoms with Crippen LogP contribution in [0.2, 0.25) is 0 Å². The van der Waals surface area contributed by atoms with Gasteiger partial charge in [0.1, 0.15) is 13.2 Å². The van der Waals surface area contributed by atoms with Gasteiger partial charge in [-0.05, 0) is 64.2 Å². The maximum Gasteiger partial charge on any atom is 0.306 e. The molecular weight excluding hydrogens is 685 g/mol. The Morgan fingerprint density at radius 2 is 0.709 bits per heavy atom. The Kier molecular flexibility index (Phi) is 41.5. The molecule has 0 aliphatic carbocycles. The van der Waals surface area contributed by atoms with Crippen LogP contribution in [0.15, 0.2) is 60.8 Å². The van der Waals surface area contributed by atoms with Gasteiger partial charge in [-0.2, -0.15) is 0 Å². The van der Waals surface area contributed by atoms with Gasteiger partial charge in [0.25, 0.3) is 0 Å². The predicted molar refractivity (Wildman–Crippen MR) is 233 cm³/mol. The van der Waals surface area contributed by atoms with Crippen molar-refractivity contribution in [3.8, 4) is 0 Å². The van der Waals surface area contributed by atoms with Gasteiger partial charge in [-0.1, -0.05) is 191 Å². The van der Waals surface area contributed by atoms with Gasteiger partial charge in [-0.15, -0.1) is 0 Å². The molecule has 6 heteroatoms. The number of allylic oxidation sites excluding steroid dienone is 10. The Morgan fingerprint density at radius 3 is 1.11 bits per heavy atom. The van der Waals surface area contributed by atoms with Crippen LogP contribution in [0.25, 0.3) is 0 Å². The number of esters is 3. The van der Waals surface area contributed by atoms with Crippen LogP contribution in [0.1, 0.15) is 213 Å². The molecule has 0 aliphatic heterocycles. The quantitative estimate of drug-likeness (QED) is 0.0267. The summed E-state index contributed by atoms with van der Waals surface area (Å²) < 4.78 is 16.6. The van der Waals surface area contributed by atoms with E-state index in [4.69, 9.17) is 14.2 Å². The third kappa shape index (κ3) is 42.1. The molecule has 316 valence electrons. The topological polar surface area (TPSA) is 78.9 Å². The maximum absolute atomic E-state index is 12.6. The lowest BCUT2D eigenvalue weighted by Crippen LogP contribution is -2.30. The van der Waals surface area contributed by atoms with Gasteiger partial charge in [0.2, 0.25) is 0 Å². The molecule has 0 saturated carbocycles. The number of ether oxygens (including phenoxy) is 3. The minimum absolute atomic E-state index is 0.0794. The van der Waals surface area contributed by atoms with Gasteiger partial charge in [0.05, 0.1) is 0 Å². The number of hydrogen-bond acceptors (Lipinski definition) is 6. The predicted octanol–water partition coefficient (Wildman–Crippen LogP) is 14.5. The standard InChI is InChI=1S/C49H84O6/c1-4-7-10-13-16-18-19-20-21-22-23-24-25-26-27-28-29-31-33-36-39-42-48(51)54-45-46(44-53-47(50)41-38-35-32-15-12-9-6-3)55-49(52)43-40-37-34-30-17-14-11-8-5-2/h7,10,16,18,20-21,23-24,26-27,46H,4-6,8-9,11-15,17,19,22,25,28-45H2,1-3H3/b10-7-,18-16-,21-20-,24-23-,27-26-. The molecular formula is C49H84O6. The first-order chi connectivity index (χ1) is 27.0. The SMILES string of the molecule is CC/C=C\C/C=C\C/C=C\C/C=C\C/C=C\CCCCCCCC(=O)OCC(COC(=O)CCCCCCCCC)OC(=O)CCCCCCCCCCC. The molecule has 0 fully saturated rings. The van der Waals surface area contributed by atoms with Gasteiger partial charge in [0.15, 0.2) is 6.10 Å². The highest BCUT2D eigenvalue weighted by Crippen LogP contribution is 2.13. The molecule has 0 rings (SSSR count). The normalized spacial score (nSPS) is 12.6. The van der Waals surface area contributed by atoms with Crippen molar-refractivity contribution in [3.63, 3.8) is 0 Å². The average molecular weight is 769 g/mol. The van der Waals surface area contributed by atoms with E-state index >= 15 is 0 Å². The fourth-order valence-corrected chi connectivity index (χ4v) is 6.11. The highest BCUT2D eigenvalue weighted by molar-refractivity contribution is 5.71. The van der Waals surface area contributed by atoms with Crippen molar-refractivity contribution in [2.45, 2.75) is 219 Å². The number of hydrogen-bond donors (Lipinski definition) is 0. The Hall–Kier alpha value is -2.89. The van der Waals surface area contributed by atoms with Gasteiger partial charge >= 0.3 is 17.9 Å². The second-order valence-corrected chi connectivity index (χ2v) is 14.9. The Labute approximate surface area is 339 Å². The van der Waals surface area contributed by atoms with Crippen LogP contribution >= 0.6 is 0 Å². The maximum atomic E-state index is 12.6. The van der Waals surface area contributed by atoms with Crippen LogP contribution in [0.3, 0.4) is 0 Å². The van der Waals surface area contributed by atoms with Crippen LogP contribution in [0.5, 0.6) is 0 Å². The summed E-state index contributed by atoms with van der Waals surface area (Å²) in [6.45, 7) is 6.43. The van der Waals surface area contributed by atoms with E-state index in [1.54, 1.807) is 0 Å². The van der Waals surface area contributed by atoms with Crippen molar-refractivity contribution in [2.75, 3.05) is 13.2 Å². The first kappa shape index (κ1) is 52.1. The van der Waals surface area contributed by atoms with Crippen LogP contribution in [-0.2, 0) is 28.6 Å². The van der Waals surface area contributed by atoms with Gasteiger partial charge in [0, 0.05) is 19.3 Å². The van der Waals surface area contributed by atoms with Gasteiger partial charge in [-0.25, -0.2) is 0 Å². The summed E-state index contributed by atoms with van der Waals surface area (Å²) in [5, 5.41) is 0. The van der Waals surface area contributed by atoms with E-state index in [-0.39, 0.29) is 31.1 Å². The molecule has 55 heavy (non-hydrogen) atoms. The molecule has 0 aliphatic rings. The van der Waals surface area contributed by atoms with Crippen molar-refractivity contribution in [2.24, 2.45) is 0 Å². The molecule has 0 amide bonds. The number of rotatable bonds is 40. The number of unbranched alkanes of at least 4 members (excludes halogenated alkanes) is 19. The molecule has 1 unspecified atom stereocenters. The van der Waals surface area contributed by atoms with E-state index in [0.29, 0.717) is 19.3 Å². The first-order valence-corrected chi connectivity index (χ1v) is 22.8. The Morgan fingerprint density at radius 1 is 0.382 bits per heavy atom. The summed E-state index contributed by atoms with van der Waals surface area (Å²) in [5.74, 6) is -0.911. The zero-order valence-electron chi connectivity index (χ0n) is 35.9. The third-order valence-corrected chi connectivity index (χ3v) is 9.54. The zero-order valence-corrected chi connectivity index (χ0v) is 35.9. The van der Waals surface area contributed by atoms with Crippen LogP contribution in [-0.4, -0.2) is 37.2 Å². The van der Waals surface area contributed by atoms with Crippen LogP contribution in [0.4, 0.5) is 0 Å². The lowest BCUT2D eigenvalue weighted by molar-refractivity contribution is -0.167. The Balaban J connectivity index is 4.25. The molecule has 0 saturated heterocycles. The minimum atomic E-state index is -0.774. The molecule has 0 spiro atoms. The molecule has 0 bridgehead atoms. The van der Waals surface area contributed by atoms with Crippen molar-refractivity contribution in [3.05, 3.63) is 60.8 Å². The summed E-state index contributed by atoms with van der Waals surface area (Å²) in [5.41, 5.74) is 0. The highest BCUT2D eigenvalue weighted by Gasteiger charge is 2.19. The lowest BCUT2D eigenvalue weighted by Gasteiger charge is -2.18.